The quantitative estimate of drug-likeness (QED) is 0.344. The maximum atomic E-state index is 13.4. The van der Waals surface area contributed by atoms with E-state index in [2.05, 4.69) is 19.5 Å². The van der Waals surface area contributed by atoms with Crippen LogP contribution in [-0.2, 0) is 17.1 Å². The SMILES string of the molecule is C[C@H](NS(=O)(=O)c1ccc2c(c1)c1nn(C)cc1c(=O)n2-c1ccc(OC(F)(F)F)cc1)c1ccccn1. The molecule has 0 aliphatic heterocycles. The fourth-order valence-electron chi connectivity index (χ4n) is 4.19. The second-order valence-electron chi connectivity index (χ2n) is 8.52. The third-order valence-electron chi connectivity index (χ3n) is 5.83. The van der Waals surface area contributed by atoms with Gasteiger partial charge in [0.05, 0.1) is 27.5 Å². The Bertz CT molecular complexity index is 1820. The lowest BCUT2D eigenvalue weighted by atomic mass is 10.1. The minimum atomic E-state index is -4.86. The first-order valence-electron chi connectivity index (χ1n) is 11.2. The molecule has 0 unspecified atom stereocenters. The van der Waals surface area contributed by atoms with E-state index < -0.39 is 33.7 Å². The van der Waals surface area contributed by atoms with Gasteiger partial charge in [0, 0.05) is 30.5 Å². The summed E-state index contributed by atoms with van der Waals surface area (Å²) in [4.78, 5) is 17.5. The van der Waals surface area contributed by atoms with Gasteiger partial charge in [-0.1, -0.05) is 6.07 Å². The van der Waals surface area contributed by atoms with Crippen LogP contribution in [0.1, 0.15) is 18.7 Å². The van der Waals surface area contributed by atoms with Gasteiger partial charge in [-0.2, -0.15) is 5.10 Å². The van der Waals surface area contributed by atoms with E-state index in [0.717, 1.165) is 12.1 Å². The van der Waals surface area contributed by atoms with Crippen molar-refractivity contribution in [3.8, 4) is 11.4 Å². The Balaban J connectivity index is 1.64. The third kappa shape index (κ3) is 4.85. The number of aryl methyl sites for hydroxylation is 1. The summed E-state index contributed by atoms with van der Waals surface area (Å²) in [5.41, 5.74) is 0.939. The summed E-state index contributed by atoms with van der Waals surface area (Å²) in [6.07, 6.45) is -1.80. The second kappa shape index (κ2) is 9.26. The number of rotatable bonds is 6. The molecule has 0 saturated carbocycles. The average molecular weight is 544 g/mol. The highest BCUT2D eigenvalue weighted by Crippen LogP contribution is 2.29. The van der Waals surface area contributed by atoms with Crippen LogP contribution in [0, 0.1) is 0 Å². The third-order valence-corrected chi connectivity index (χ3v) is 7.37. The maximum absolute atomic E-state index is 13.4. The molecule has 196 valence electrons. The smallest absolute Gasteiger partial charge is 0.406 e. The largest absolute Gasteiger partial charge is 0.573 e. The topological polar surface area (TPSA) is 108 Å². The van der Waals surface area contributed by atoms with Crippen molar-refractivity contribution >= 4 is 31.8 Å². The predicted octanol–water partition coefficient (Wildman–Crippen LogP) is 4.21. The molecule has 0 radical (unpaired) electrons. The van der Waals surface area contributed by atoms with E-state index in [4.69, 9.17) is 0 Å². The van der Waals surface area contributed by atoms with Crippen molar-refractivity contribution in [3.63, 3.8) is 0 Å². The highest BCUT2D eigenvalue weighted by Gasteiger charge is 2.31. The number of nitrogens with zero attached hydrogens (tertiary/aromatic N) is 4. The van der Waals surface area contributed by atoms with Crippen LogP contribution < -0.4 is 15.0 Å². The van der Waals surface area contributed by atoms with Gasteiger partial charge in [0.2, 0.25) is 10.0 Å². The number of hydrogen-bond donors (Lipinski definition) is 1. The molecule has 0 fully saturated rings. The Hall–Kier alpha value is -4.23. The van der Waals surface area contributed by atoms with Gasteiger partial charge in [0.15, 0.2) is 0 Å². The van der Waals surface area contributed by atoms with Crippen LogP contribution in [0.15, 0.2) is 82.7 Å². The van der Waals surface area contributed by atoms with Crippen molar-refractivity contribution in [2.45, 2.75) is 24.2 Å². The summed E-state index contributed by atoms with van der Waals surface area (Å²) < 4.78 is 73.4. The molecule has 13 heteroatoms. The van der Waals surface area contributed by atoms with Crippen molar-refractivity contribution < 1.29 is 26.3 Å². The van der Waals surface area contributed by atoms with E-state index >= 15 is 0 Å². The molecule has 3 aromatic heterocycles. The second-order valence-corrected chi connectivity index (χ2v) is 10.2. The first-order valence-corrected chi connectivity index (χ1v) is 12.7. The number of pyridine rings is 2. The number of benzene rings is 2. The standard InChI is InChI=1S/C25H20F3N5O4S/c1-15(21-5-3-4-12-29-21)31-38(35,36)18-10-11-22-19(13-18)23-20(14-32(2)30-23)24(34)33(22)16-6-8-17(9-7-16)37-25(26,27)28/h3-15,31H,1-2H3/t15-/m0/s1. The highest BCUT2D eigenvalue weighted by atomic mass is 32.2. The molecule has 5 rings (SSSR count). The molecule has 0 amide bonds. The van der Waals surface area contributed by atoms with Crippen molar-refractivity contribution in [3.05, 3.63) is 89.1 Å². The number of halogens is 3. The zero-order chi connectivity index (χ0) is 27.2. The van der Waals surface area contributed by atoms with Gasteiger partial charge in [-0.15, -0.1) is 13.2 Å². The molecule has 0 aliphatic rings. The Morgan fingerprint density at radius 1 is 1.03 bits per heavy atom. The molecule has 0 aliphatic carbocycles. The summed E-state index contributed by atoms with van der Waals surface area (Å²) in [6, 6.07) is 13.6. The van der Waals surface area contributed by atoms with Crippen LogP contribution in [0.25, 0.3) is 27.5 Å². The van der Waals surface area contributed by atoms with Crippen molar-refractivity contribution in [2.75, 3.05) is 0 Å². The Morgan fingerprint density at radius 2 is 1.76 bits per heavy atom. The van der Waals surface area contributed by atoms with Crippen LogP contribution in [-0.4, -0.2) is 34.1 Å². The van der Waals surface area contributed by atoms with E-state index in [0.29, 0.717) is 16.6 Å². The summed E-state index contributed by atoms with van der Waals surface area (Å²) >= 11 is 0. The maximum Gasteiger partial charge on any atom is 0.573 e. The monoisotopic (exact) mass is 543 g/mol. The summed E-state index contributed by atoms with van der Waals surface area (Å²) in [6.45, 7) is 1.67. The molecular formula is C25H20F3N5O4S. The van der Waals surface area contributed by atoms with Crippen molar-refractivity contribution in [2.24, 2.45) is 7.05 Å². The number of fused-ring (bicyclic) bond motifs is 3. The molecule has 38 heavy (non-hydrogen) atoms. The molecule has 0 saturated heterocycles. The minimum Gasteiger partial charge on any atom is -0.406 e. The molecule has 1 N–H and O–H groups in total. The summed E-state index contributed by atoms with van der Waals surface area (Å²) in [5.74, 6) is -0.442. The van der Waals surface area contributed by atoms with Crippen LogP contribution in [0.2, 0.25) is 0 Å². The molecule has 3 heterocycles. The van der Waals surface area contributed by atoms with E-state index in [9.17, 15) is 26.4 Å². The van der Waals surface area contributed by atoms with Crippen LogP contribution in [0.3, 0.4) is 0 Å². The lowest BCUT2D eigenvalue weighted by molar-refractivity contribution is -0.274. The first kappa shape index (κ1) is 25.4. The zero-order valence-electron chi connectivity index (χ0n) is 20.0. The number of ether oxygens (including phenoxy) is 1. The van der Waals surface area contributed by atoms with Gasteiger partial charge < -0.3 is 4.74 Å². The lowest BCUT2D eigenvalue weighted by Gasteiger charge is -2.16. The molecule has 0 bridgehead atoms. The summed E-state index contributed by atoms with van der Waals surface area (Å²) in [7, 11) is -2.39. The Labute approximate surface area is 214 Å². The van der Waals surface area contributed by atoms with E-state index in [-0.39, 0.29) is 21.5 Å². The normalized spacial score (nSPS) is 13.2. The lowest BCUT2D eigenvalue weighted by Crippen LogP contribution is -2.27. The molecule has 9 nitrogen and oxygen atoms in total. The minimum absolute atomic E-state index is 0.0566. The van der Waals surface area contributed by atoms with Crippen molar-refractivity contribution in [1.82, 2.24) is 24.1 Å². The Morgan fingerprint density at radius 3 is 2.42 bits per heavy atom. The van der Waals surface area contributed by atoms with Gasteiger partial charge in [-0.05, 0) is 61.5 Å². The molecule has 5 aromatic rings. The van der Waals surface area contributed by atoms with E-state index in [1.165, 1.54) is 45.8 Å². The predicted molar refractivity (Wildman–Crippen MR) is 133 cm³/mol. The van der Waals surface area contributed by atoms with Crippen molar-refractivity contribution in [1.29, 1.82) is 0 Å². The van der Waals surface area contributed by atoms with E-state index in [1.807, 2.05) is 0 Å². The molecule has 0 spiro atoms. The first-order chi connectivity index (χ1) is 17.9. The fourth-order valence-corrected chi connectivity index (χ4v) is 5.43. The summed E-state index contributed by atoms with van der Waals surface area (Å²) in [5, 5.41) is 4.93. The van der Waals surface area contributed by atoms with Crippen LogP contribution in [0.5, 0.6) is 5.75 Å². The Kier molecular flexibility index (Phi) is 6.19. The zero-order valence-corrected chi connectivity index (χ0v) is 20.8. The van der Waals surface area contributed by atoms with Gasteiger partial charge in [0.1, 0.15) is 11.3 Å². The van der Waals surface area contributed by atoms with Gasteiger partial charge in [-0.25, -0.2) is 13.1 Å². The number of alkyl halides is 3. The van der Waals surface area contributed by atoms with E-state index in [1.54, 1.807) is 38.4 Å². The van der Waals surface area contributed by atoms with Gasteiger partial charge in [0.25, 0.3) is 5.56 Å². The number of hydrogen-bond acceptors (Lipinski definition) is 6. The molecular weight excluding hydrogens is 523 g/mol. The van der Waals surface area contributed by atoms with Gasteiger partial charge >= 0.3 is 6.36 Å². The fraction of sp³-hybridized carbons (Fsp3) is 0.160. The van der Waals surface area contributed by atoms with Gasteiger partial charge in [-0.3, -0.25) is 19.0 Å². The molecule has 1 atom stereocenters. The molecule has 2 aromatic carbocycles. The van der Waals surface area contributed by atoms with Crippen LogP contribution >= 0.6 is 0 Å². The number of sulfonamides is 1. The average Bonchev–Trinajstić information content (AvgIpc) is 3.26. The van der Waals surface area contributed by atoms with Crippen LogP contribution in [0.4, 0.5) is 13.2 Å². The highest BCUT2D eigenvalue weighted by molar-refractivity contribution is 7.89. The number of aromatic nitrogens is 4. The number of nitrogens with one attached hydrogen (secondary N) is 1.